The summed E-state index contributed by atoms with van der Waals surface area (Å²) in [5, 5.41) is 0.346. The van der Waals surface area contributed by atoms with Crippen molar-refractivity contribution in [1.82, 2.24) is 9.97 Å². The first-order valence-corrected chi connectivity index (χ1v) is 10.8. The molecule has 1 aliphatic rings. The molecular weight excluding hydrogens is 455 g/mol. The van der Waals surface area contributed by atoms with E-state index in [-0.39, 0.29) is 12.1 Å². The highest BCUT2D eigenvalue weighted by Gasteiger charge is 2.32. The van der Waals surface area contributed by atoms with Crippen molar-refractivity contribution in [2.75, 3.05) is 18.1 Å². The van der Waals surface area contributed by atoms with E-state index in [1.165, 1.54) is 28.4 Å². The summed E-state index contributed by atoms with van der Waals surface area (Å²) in [4.78, 5) is 23.4. The number of thiazole rings is 1. The van der Waals surface area contributed by atoms with E-state index in [0.29, 0.717) is 40.9 Å². The summed E-state index contributed by atoms with van der Waals surface area (Å²) in [7, 11) is 0. The van der Waals surface area contributed by atoms with Crippen LogP contribution in [0.3, 0.4) is 0 Å². The van der Waals surface area contributed by atoms with E-state index < -0.39 is 17.6 Å². The van der Waals surface area contributed by atoms with Crippen LogP contribution in [0, 0.1) is 0 Å². The molecule has 1 aliphatic heterocycles. The molecule has 6 nitrogen and oxygen atoms in total. The lowest BCUT2D eigenvalue weighted by atomic mass is 10.1. The van der Waals surface area contributed by atoms with Gasteiger partial charge in [-0.05, 0) is 29.8 Å². The fraction of sp³-hybridized carbons (Fsp3) is 0.174. The molecule has 33 heavy (non-hydrogen) atoms. The Morgan fingerprint density at radius 2 is 1.85 bits per heavy atom. The van der Waals surface area contributed by atoms with Crippen molar-refractivity contribution in [3.05, 3.63) is 77.6 Å². The Morgan fingerprint density at radius 1 is 1.06 bits per heavy atom. The van der Waals surface area contributed by atoms with Crippen LogP contribution in [0.1, 0.15) is 21.5 Å². The van der Waals surface area contributed by atoms with Gasteiger partial charge in [-0.1, -0.05) is 23.5 Å². The summed E-state index contributed by atoms with van der Waals surface area (Å²) >= 11 is 1.25. The van der Waals surface area contributed by atoms with Gasteiger partial charge in [-0.3, -0.25) is 14.7 Å². The Morgan fingerprint density at radius 3 is 2.58 bits per heavy atom. The van der Waals surface area contributed by atoms with E-state index in [4.69, 9.17) is 9.47 Å². The number of carbonyl (C=O) groups excluding carboxylic acids is 1. The quantitative estimate of drug-likeness (QED) is 0.403. The van der Waals surface area contributed by atoms with Crippen LogP contribution in [-0.2, 0) is 12.7 Å². The maximum Gasteiger partial charge on any atom is 0.416 e. The number of hydrogen-bond acceptors (Lipinski definition) is 6. The summed E-state index contributed by atoms with van der Waals surface area (Å²) in [6.07, 6.45) is -1.36. The maximum absolute atomic E-state index is 13.4. The number of carbonyl (C=O) groups is 1. The monoisotopic (exact) mass is 471 g/mol. The summed E-state index contributed by atoms with van der Waals surface area (Å²) < 4.78 is 51.7. The Balaban J connectivity index is 1.57. The minimum atomic E-state index is -4.56. The van der Waals surface area contributed by atoms with Crippen LogP contribution in [0.15, 0.2) is 60.9 Å². The minimum absolute atomic E-state index is 0.0843. The molecule has 0 saturated carbocycles. The molecule has 2 aromatic heterocycles. The van der Waals surface area contributed by atoms with E-state index in [1.807, 2.05) is 0 Å². The van der Waals surface area contributed by atoms with Crippen molar-refractivity contribution in [2.24, 2.45) is 0 Å². The van der Waals surface area contributed by atoms with Crippen molar-refractivity contribution in [3.8, 4) is 11.5 Å². The lowest BCUT2D eigenvalue weighted by molar-refractivity contribution is -0.137. The molecular formula is C23H16F3N3O3S. The van der Waals surface area contributed by atoms with Gasteiger partial charge in [-0.25, -0.2) is 4.98 Å². The second-order valence-electron chi connectivity index (χ2n) is 7.29. The Bertz CT molecular complexity index is 1280. The molecule has 0 aliphatic carbocycles. The summed E-state index contributed by atoms with van der Waals surface area (Å²) in [6, 6.07) is 11.4. The van der Waals surface area contributed by atoms with Crippen molar-refractivity contribution in [2.45, 2.75) is 12.7 Å². The summed E-state index contributed by atoms with van der Waals surface area (Å²) in [5.41, 5.74) is 0.343. The topological polar surface area (TPSA) is 64.6 Å². The van der Waals surface area contributed by atoms with E-state index >= 15 is 0 Å². The first-order valence-electron chi connectivity index (χ1n) is 9.97. The zero-order valence-corrected chi connectivity index (χ0v) is 17.8. The molecule has 0 radical (unpaired) electrons. The third kappa shape index (κ3) is 4.34. The predicted molar refractivity (Wildman–Crippen MR) is 117 cm³/mol. The van der Waals surface area contributed by atoms with Crippen molar-refractivity contribution in [3.63, 3.8) is 0 Å². The minimum Gasteiger partial charge on any atom is -0.486 e. The molecule has 0 fully saturated rings. The van der Waals surface area contributed by atoms with Crippen molar-refractivity contribution >= 4 is 32.6 Å². The highest BCUT2D eigenvalue weighted by atomic mass is 32.1. The second-order valence-corrected chi connectivity index (χ2v) is 8.30. The molecule has 2 aromatic carbocycles. The molecule has 5 rings (SSSR count). The lowest BCUT2D eigenvalue weighted by Gasteiger charge is -2.20. The Hall–Kier alpha value is -3.66. The van der Waals surface area contributed by atoms with Gasteiger partial charge in [0.05, 0.1) is 22.3 Å². The first-order chi connectivity index (χ1) is 15.9. The maximum atomic E-state index is 13.4. The van der Waals surface area contributed by atoms with Gasteiger partial charge >= 0.3 is 6.18 Å². The number of amides is 1. The number of anilines is 1. The van der Waals surface area contributed by atoms with Crippen LogP contribution in [0.25, 0.3) is 10.2 Å². The fourth-order valence-corrected chi connectivity index (χ4v) is 4.43. The Kier molecular flexibility index (Phi) is 5.37. The molecule has 0 N–H and O–H groups in total. The largest absolute Gasteiger partial charge is 0.486 e. The molecule has 1 amide bonds. The van der Waals surface area contributed by atoms with Crippen LogP contribution in [0.4, 0.5) is 18.3 Å². The summed E-state index contributed by atoms with van der Waals surface area (Å²) in [6.45, 7) is 0.956. The third-order valence-corrected chi connectivity index (χ3v) is 6.06. The number of halogens is 3. The molecule has 0 bridgehead atoms. The van der Waals surface area contributed by atoms with Gasteiger partial charge in [0.2, 0.25) is 0 Å². The molecule has 0 atom stereocenters. The van der Waals surface area contributed by atoms with E-state index in [0.717, 1.165) is 16.8 Å². The predicted octanol–water partition coefficient (Wildman–Crippen LogP) is 5.33. The van der Waals surface area contributed by atoms with Gasteiger partial charge in [-0.15, -0.1) is 0 Å². The molecule has 3 heterocycles. The average molecular weight is 471 g/mol. The van der Waals surface area contributed by atoms with E-state index in [1.54, 1.807) is 36.7 Å². The molecule has 168 valence electrons. The number of alkyl halides is 3. The van der Waals surface area contributed by atoms with Gasteiger partial charge in [0.25, 0.3) is 5.91 Å². The van der Waals surface area contributed by atoms with Crippen LogP contribution in [0.2, 0.25) is 0 Å². The lowest BCUT2D eigenvalue weighted by Crippen LogP contribution is -2.30. The van der Waals surface area contributed by atoms with E-state index in [9.17, 15) is 18.0 Å². The SMILES string of the molecule is O=C(c1cccc(C(F)(F)F)c1)N(Cc1cccnc1)c1nc2cc3c(cc2s1)OCCO3. The molecule has 10 heteroatoms. The number of hydrogen-bond donors (Lipinski definition) is 0. The number of benzene rings is 2. The summed E-state index contributed by atoms with van der Waals surface area (Å²) in [5.74, 6) is 0.557. The highest BCUT2D eigenvalue weighted by Crippen LogP contribution is 2.39. The van der Waals surface area contributed by atoms with E-state index in [2.05, 4.69) is 9.97 Å². The van der Waals surface area contributed by atoms with Crippen molar-refractivity contribution < 1.29 is 27.4 Å². The third-order valence-electron chi connectivity index (χ3n) is 5.02. The number of pyridine rings is 1. The van der Waals surface area contributed by atoms with Crippen LogP contribution >= 0.6 is 11.3 Å². The Labute approximate surface area is 190 Å². The standard InChI is InChI=1S/C23H16F3N3O3S/c24-23(25,26)16-5-1-4-15(9-16)21(30)29(13-14-3-2-6-27-12-14)22-28-17-10-18-19(11-20(17)33-22)32-8-7-31-18/h1-6,9-12H,7-8,13H2. The van der Waals surface area contributed by atoms with Crippen LogP contribution in [-0.4, -0.2) is 29.1 Å². The smallest absolute Gasteiger partial charge is 0.416 e. The van der Waals surface area contributed by atoms with Crippen LogP contribution in [0.5, 0.6) is 11.5 Å². The number of nitrogens with zero attached hydrogens (tertiary/aromatic N) is 3. The first kappa shape index (κ1) is 21.2. The zero-order chi connectivity index (χ0) is 23.0. The van der Waals surface area contributed by atoms with Gasteiger partial charge < -0.3 is 9.47 Å². The van der Waals surface area contributed by atoms with Gasteiger partial charge in [0, 0.05) is 30.1 Å². The highest BCUT2D eigenvalue weighted by molar-refractivity contribution is 7.22. The van der Waals surface area contributed by atoms with Gasteiger partial charge in [0.15, 0.2) is 16.6 Å². The molecule has 4 aromatic rings. The normalized spacial score (nSPS) is 13.2. The fourth-order valence-electron chi connectivity index (χ4n) is 3.45. The molecule has 0 saturated heterocycles. The average Bonchev–Trinajstić information content (AvgIpc) is 3.23. The zero-order valence-electron chi connectivity index (χ0n) is 17.0. The number of fused-ring (bicyclic) bond motifs is 2. The van der Waals surface area contributed by atoms with Gasteiger partial charge in [-0.2, -0.15) is 13.2 Å². The number of aromatic nitrogens is 2. The number of rotatable bonds is 4. The molecule has 0 spiro atoms. The van der Waals surface area contributed by atoms with Gasteiger partial charge in [0.1, 0.15) is 13.2 Å². The second kappa shape index (κ2) is 8.36. The van der Waals surface area contributed by atoms with Crippen molar-refractivity contribution in [1.29, 1.82) is 0 Å². The molecule has 0 unspecified atom stereocenters. The van der Waals surface area contributed by atoms with Crippen LogP contribution < -0.4 is 14.4 Å². The number of ether oxygens (including phenoxy) is 2.